The number of ether oxygens (including phenoxy) is 1. The van der Waals surface area contributed by atoms with Crippen LogP contribution in [0, 0.1) is 6.92 Å². The molecule has 0 atom stereocenters. The molecule has 1 N–H and O–H groups in total. The van der Waals surface area contributed by atoms with Crippen LogP contribution >= 0.6 is 11.6 Å². The van der Waals surface area contributed by atoms with Crippen molar-refractivity contribution in [3.63, 3.8) is 0 Å². The zero-order valence-electron chi connectivity index (χ0n) is 9.96. The fraction of sp³-hybridized carbons (Fsp3) is 0.308. The van der Waals surface area contributed by atoms with Crippen LogP contribution in [0.3, 0.4) is 0 Å². The van der Waals surface area contributed by atoms with Crippen molar-refractivity contribution in [3.8, 4) is 17.0 Å². The molecule has 17 heavy (non-hydrogen) atoms. The van der Waals surface area contributed by atoms with Crippen molar-refractivity contribution in [1.82, 2.24) is 9.97 Å². The molecule has 2 aromatic rings. The molecule has 1 heterocycles. The number of H-pyrrole nitrogens is 1. The molecule has 0 aliphatic carbocycles. The number of halogens is 1. The van der Waals surface area contributed by atoms with Gasteiger partial charge < -0.3 is 9.72 Å². The van der Waals surface area contributed by atoms with Gasteiger partial charge in [-0.2, -0.15) is 0 Å². The van der Waals surface area contributed by atoms with Gasteiger partial charge in [-0.3, -0.25) is 0 Å². The van der Waals surface area contributed by atoms with Crippen LogP contribution in [0.5, 0.6) is 5.75 Å². The van der Waals surface area contributed by atoms with Crippen molar-refractivity contribution in [1.29, 1.82) is 0 Å². The standard InChI is InChI=1S/C13H15ClN2O/c1-9-13(16-12(15-9)6-7-14)10-4-3-5-11(8-10)17-2/h3-5,8H,6-7H2,1-2H3,(H,15,16). The Morgan fingerprint density at radius 1 is 1.41 bits per heavy atom. The highest BCUT2D eigenvalue weighted by Crippen LogP contribution is 2.25. The van der Waals surface area contributed by atoms with Crippen LogP contribution < -0.4 is 4.74 Å². The molecule has 0 aliphatic heterocycles. The summed E-state index contributed by atoms with van der Waals surface area (Å²) in [5.74, 6) is 2.34. The van der Waals surface area contributed by atoms with Crippen LogP contribution in [-0.2, 0) is 6.42 Å². The topological polar surface area (TPSA) is 37.9 Å². The molecule has 0 radical (unpaired) electrons. The summed E-state index contributed by atoms with van der Waals surface area (Å²) in [5.41, 5.74) is 3.07. The Hall–Kier alpha value is -1.48. The van der Waals surface area contributed by atoms with Crippen molar-refractivity contribution >= 4 is 11.6 Å². The fourth-order valence-corrected chi connectivity index (χ4v) is 1.96. The summed E-state index contributed by atoms with van der Waals surface area (Å²) in [4.78, 5) is 7.79. The zero-order valence-corrected chi connectivity index (χ0v) is 10.7. The largest absolute Gasteiger partial charge is 0.497 e. The van der Waals surface area contributed by atoms with Gasteiger partial charge in [-0.25, -0.2) is 4.98 Å². The predicted molar refractivity (Wildman–Crippen MR) is 69.7 cm³/mol. The van der Waals surface area contributed by atoms with Crippen LogP contribution in [0.15, 0.2) is 24.3 Å². The van der Waals surface area contributed by atoms with Crippen LogP contribution in [0.1, 0.15) is 11.5 Å². The van der Waals surface area contributed by atoms with E-state index in [9.17, 15) is 0 Å². The number of alkyl halides is 1. The van der Waals surface area contributed by atoms with Gasteiger partial charge in [0.25, 0.3) is 0 Å². The van der Waals surface area contributed by atoms with E-state index in [-0.39, 0.29) is 0 Å². The number of aromatic amines is 1. The van der Waals surface area contributed by atoms with Crippen LogP contribution in [0.25, 0.3) is 11.3 Å². The first-order chi connectivity index (χ1) is 8.24. The van der Waals surface area contributed by atoms with Gasteiger partial charge in [-0.05, 0) is 19.1 Å². The Morgan fingerprint density at radius 2 is 2.24 bits per heavy atom. The second kappa shape index (κ2) is 5.23. The molecule has 1 aromatic carbocycles. The average molecular weight is 251 g/mol. The Morgan fingerprint density at radius 3 is 2.94 bits per heavy atom. The maximum atomic E-state index is 5.71. The molecule has 0 unspecified atom stereocenters. The van der Waals surface area contributed by atoms with E-state index in [1.54, 1.807) is 7.11 Å². The van der Waals surface area contributed by atoms with Crippen molar-refractivity contribution in [2.24, 2.45) is 0 Å². The molecule has 0 saturated carbocycles. The number of benzene rings is 1. The number of hydrogen-bond acceptors (Lipinski definition) is 2. The lowest BCUT2D eigenvalue weighted by atomic mass is 10.1. The summed E-state index contributed by atoms with van der Waals surface area (Å²) in [6, 6.07) is 7.89. The van der Waals surface area contributed by atoms with Crippen molar-refractivity contribution in [2.45, 2.75) is 13.3 Å². The van der Waals surface area contributed by atoms with Crippen molar-refractivity contribution in [3.05, 3.63) is 35.8 Å². The zero-order chi connectivity index (χ0) is 12.3. The van der Waals surface area contributed by atoms with E-state index < -0.39 is 0 Å². The van der Waals surface area contributed by atoms with Gasteiger partial charge >= 0.3 is 0 Å². The van der Waals surface area contributed by atoms with Gasteiger partial charge in [-0.15, -0.1) is 11.6 Å². The molecular weight excluding hydrogens is 236 g/mol. The molecule has 1 aromatic heterocycles. The second-order valence-electron chi connectivity index (χ2n) is 3.83. The van der Waals surface area contributed by atoms with E-state index in [1.165, 1.54) is 0 Å². The Balaban J connectivity index is 2.37. The summed E-state index contributed by atoms with van der Waals surface area (Å²) in [5, 5.41) is 0. The molecule has 4 heteroatoms. The summed E-state index contributed by atoms with van der Waals surface area (Å²) in [6.07, 6.45) is 0.756. The third kappa shape index (κ3) is 2.61. The molecule has 3 nitrogen and oxygen atoms in total. The lowest BCUT2D eigenvalue weighted by Gasteiger charge is -2.02. The molecule has 0 amide bonds. The second-order valence-corrected chi connectivity index (χ2v) is 4.21. The number of hydrogen-bond donors (Lipinski definition) is 1. The maximum absolute atomic E-state index is 5.71. The number of aryl methyl sites for hydroxylation is 2. The van der Waals surface area contributed by atoms with E-state index in [1.807, 2.05) is 31.2 Å². The number of nitrogens with one attached hydrogen (secondary N) is 1. The van der Waals surface area contributed by atoms with Crippen LogP contribution in [0.2, 0.25) is 0 Å². The number of methoxy groups -OCH3 is 1. The molecule has 0 saturated heterocycles. The lowest BCUT2D eigenvalue weighted by molar-refractivity contribution is 0.415. The summed E-state index contributed by atoms with van der Waals surface area (Å²) in [7, 11) is 1.66. The fourth-order valence-electron chi connectivity index (χ4n) is 1.78. The number of rotatable bonds is 4. The van der Waals surface area contributed by atoms with Crippen molar-refractivity contribution in [2.75, 3.05) is 13.0 Å². The maximum Gasteiger partial charge on any atom is 0.119 e. The smallest absolute Gasteiger partial charge is 0.119 e. The predicted octanol–water partition coefficient (Wildman–Crippen LogP) is 3.18. The summed E-state index contributed by atoms with van der Waals surface area (Å²) < 4.78 is 5.21. The Labute approximate surface area is 106 Å². The number of aromatic nitrogens is 2. The first kappa shape index (κ1) is 12.0. The third-order valence-electron chi connectivity index (χ3n) is 2.61. The van der Waals surface area contributed by atoms with Crippen LogP contribution in [-0.4, -0.2) is 23.0 Å². The SMILES string of the molecule is COc1cccc(-c2nc(CCCl)[nH]c2C)c1. The van der Waals surface area contributed by atoms with E-state index in [0.717, 1.165) is 34.9 Å². The highest BCUT2D eigenvalue weighted by Gasteiger charge is 2.09. The minimum atomic E-state index is 0.574. The minimum Gasteiger partial charge on any atom is -0.497 e. The van der Waals surface area contributed by atoms with Gasteiger partial charge in [-0.1, -0.05) is 12.1 Å². The molecule has 0 bridgehead atoms. The molecular formula is C13H15ClN2O. The monoisotopic (exact) mass is 250 g/mol. The van der Waals surface area contributed by atoms with E-state index in [4.69, 9.17) is 16.3 Å². The van der Waals surface area contributed by atoms with Gasteiger partial charge in [0, 0.05) is 23.6 Å². The molecule has 2 rings (SSSR count). The quantitative estimate of drug-likeness (QED) is 0.847. The first-order valence-corrected chi connectivity index (χ1v) is 6.04. The third-order valence-corrected chi connectivity index (χ3v) is 2.80. The van der Waals surface area contributed by atoms with Crippen LogP contribution in [0.4, 0.5) is 0 Å². The first-order valence-electron chi connectivity index (χ1n) is 5.50. The molecule has 0 aliphatic rings. The molecule has 0 fully saturated rings. The van der Waals surface area contributed by atoms with Gasteiger partial charge in [0.15, 0.2) is 0 Å². The number of nitrogens with zero attached hydrogens (tertiary/aromatic N) is 1. The number of imidazole rings is 1. The van der Waals surface area contributed by atoms with E-state index in [2.05, 4.69) is 9.97 Å². The Bertz CT molecular complexity index is 508. The van der Waals surface area contributed by atoms with E-state index >= 15 is 0 Å². The summed E-state index contributed by atoms with van der Waals surface area (Å²) >= 11 is 5.71. The van der Waals surface area contributed by atoms with Gasteiger partial charge in [0.1, 0.15) is 11.6 Å². The van der Waals surface area contributed by atoms with Gasteiger partial charge in [0.2, 0.25) is 0 Å². The highest BCUT2D eigenvalue weighted by atomic mass is 35.5. The lowest BCUT2D eigenvalue weighted by Crippen LogP contribution is -1.88. The van der Waals surface area contributed by atoms with E-state index in [0.29, 0.717) is 5.88 Å². The average Bonchev–Trinajstić information content (AvgIpc) is 2.71. The molecule has 0 spiro atoms. The van der Waals surface area contributed by atoms with Crippen molar-refractivity contribution < 1.29 is 4.74 Å². The highest BCUT2D eigenvalue weighted by molar-refractivity contribution is 6.17. The molecule has 90 valence electrons. The van der Waals surface area contributed by atoms with Gasteiger partial charge in [0.05, 0.1) is 12.8 Å². The minimum absolute atomic E-state index is 0.574. The Kier molecular flexibility index (Phi) is 3.69. The summed E-state index contributed by atoms with van der Waals surface area (Å²) in [6.45, 7) is 2.01. The normalized spacial score (nSPS) is 10.5.